The fourth-order valence-corrected chi connectivity index (χ4v) is 5.40. The number of benzene rings is 3. The molecule has 0 aliphatic heterocycles. The Morgan fingerprint density at radius 3 is 2.44 bits per heavy atom. The molecule has 0 heterocycles. The van der Waals surface area contributed by atoms with E-state index in [9.17, 15) is 13.2 Å². The van der Waals surface area contributed by atoms with E-state index in [0.717, 1.165) is 16.0 Å². The van der Waals surface area contributed by atoms with E-state index in [1.807, 2.05) is 51.1 Å². The Bertz CT molecular complexity index is 1230. The molecule has 168 valence electrons. The van der Waals surface area contributed by atoms with Gasteiger partial charge in [0, 0.05) is 22.8 Å². The highest BCUT2D eigenvalue weighted by molar-refractivity contribution is 7.99. The molecule has 0 saturated heterocycles. The van der Waals surface area contributed by atoms with Crippen molar-refractivity contribution in [2.24, 2.45) is 0 Å². The van der Waals surface area contributed by atoms with E-state index >= 15 is 0 Å². The van der Waals surface area contributed by atoms with Crippen LogP contribution in [0, 0.1) is 20.8 Å². The Morgan fingerprint density at radius 1 is 1.00 bits per heavy atom. The molecule has 0 radical (unpaired) electrons. The highest BCUT2D eigenvalue weighted by atomic mass is 35.5. The van der Waals surface area contributed by atoms with Gasteiger partial charge >= 0.3 is 0 Å². The van der Waals surface area contributed by atoms with Gasteiger partial charge in [-0.3, -0.25) is 9.52 Å². The van der Waals surface area contributed by atoms with Gasteiger partial charge in [-0.15, -0.1) is 11.8 Å². The minimum Gasteiger partial charge on any atom is -0.351 e. The van der Waals surface area contributed by atoms with Crippen LogP contribution in [0.3, 0.4) is 0 Å². The van der Waals surface area contributed by atoms with Crippen molar-refractivity contribution >= 4 is 45.0 Å². The third-order valence-corrected chi connectivity index (χ3v) is 7.87. The smallest absolute Gasteiger partial charge is 0.263 e. The maximum Gasteiger partial charge on any atom is 0.263 e. The van der Waals surface area contributed by atoms with Gasteiger partial charge in [-0.25, -0.2) is 8.42 Å². The number of nitrogens with one attached hydrogen (secondary N) is 2. The fraction of sp³-hybridized carbons (Fsp3) is 0.208. The summed E-state index contributed by atoms with van der Waals surface area (Å²) in [5.74, 6) is 0.344. The van der Waals surface area contributed by atoms with E-state index in [1.54, 1.807) is 23.9 Å². The second kappa shape index (κ2) is 10.4. The monoisotopic (exact) mass is 488 g/mol. The number of carbonyl (C=O) groups is 1. The number of hydrogen-bond acceptors (Lipinski definition) is 4. The van der Waals surface area contributed by atoms with Crippen LogP contribution in [0.2, 0.25) is 5.02 Å². The van der Waals surface area contributed by atoms with E-state index in [0.29, 0.717) is 18.0 Å². The van der Waals surface area contributed by atoms with Gasteiger partial charge in [0.1, 0.15) is 4.90 Å². The van der Waals surface area contributed by atoms with Gasteiger partial charge in [0.05, 0.1) is 10.7 Å². The van der Waals surface area contributed by atoms with Crippen LogP contribution in [0.1, 0.15) is 27.0 Å². The summed E-state index contributed by atoms with van der Waals surface area (Å²) in [6.45, 7) is 6.23. The Balaban J connectivity index is 1.68. The lowest BCUT2D eigenvalue weighted by Crippen LogP contribution is -2.26. The number of rotatable bonds is 8. The number of amides is 1. The number of thioether (sulfide) groups is 1. The first-order valence-electron chi connectivity index (χ1n) is 10.0. The van der Waals surface area contributed by atoms with Gasteiger partial charge in [-0.05, 0) is 68.3 Å². The summed E-state index contributed by atoms with van der Waals surface area (Å²) >= 11 is 7.81. The van der Waals surface area contributed by atoms with Crippen LogP contribution in [-0.4, -0.2) is 26.6 Å². The van der Waals surface area contributed by atoms with Gasteiger partial charge < -0.3 is 5.32 Å². The van der Waals surface area contributed by atoms with Crippen LogP contribution in [-0.2, 0) is 10.0 Å². The molecular formula is C24H25ClN2O3S2. The van der Waals surface area contributed by atoms with Gasteiger partial charge in [-0.2, -0.15) is 0 Å². The average molecular weight is 489 g/mol. The zero-order chi connectivity index (χ0) is 23.3. The predicted octanol–water partition coefficient (Wildman–Crippen LogP) is 5.59. The molecule has 0 bridgehead atoms. The van der Waals surface area contributed by atoms with Crippen LogP contribution in [0.4, 0.5) is 5.69 Å². The van der Waals surface area contributed by atoms with Crippen LogP contribution >= 0.6 is 23.4 Å². The molecule has 8 heteroatoms. The molecule has 0 spiro atoms. The van der Waals surface area contributed by atoms with Crippen molar-refractivity contribution in [3.05, 3.63) is 87.9 Å². The number of halogens is 1. The summed E-state index contributed by atoms with van der Waals surface area (Å²) in [5, 5.41) is 2.88. The van der Waals surface area contributed by atoms with Gasteiger partial charge in [0.15, 0.2) is 0 Å². The van der Waals surface area contributed by atoms with Crippen molar-refractivity contribution in [3.8, 4) is 0 Å². The average Bonchev–Trinajstić information content (AvgIpc) is 2.75. The zero-order valence-corrected chi connectivity index (χ0v) is 20.5. The minimum absolute atomic E-state index is 0.0503. The van der Waals surface area contributed by atoms with Crippen molar-refractivity contribution < 1.29 is 13.2 Å². The fourth-order valence-electron chi connectivity index (χ4n) is 2.98. The molecule has 0 aliphatic carbocycles. The first-order chi connectivity index (χ1) is 15.2. The molecule has 2 N–H and O–H groups in total. The normalized spacial score (nSPS) is 11.2. The molecule has 0 aromatic heterocycles. The molecule has 3 aromatic rings. The summed E-state index contributed by atoms with van der Waals surface area (Å²) in [6.07, 6.45) is 0. The Hall–Kier alpha value is -2.48. The molecule has 0 atom stereocenters. The van der Waals surface area contributed by atoms with Crippen LogP contribution < -0.4 is 10.0 Å². The van der Waals surface area contributed by atoms with Gasteiger partial charge in [0.2, 0.25) is 0 Å². The number of aryl methyl sites for hydroxylation is 2. The van der Waals surface area contributed by atoms with Crippen molar-refractivity contribution in [1.82, 2.24) is 5.32 Å². The van der Waals surface area contributed by atoms with E-state index in [1.165, 1.54) is 23.8 Å². The molecule has 0 saturated carbocycles. The molecule has 3 aromatic carbocycles. The second-order valence-electron chi connectivity index (χ2n) is 7.42. The standard InChI is InChI=1S/C24H25ClN2O3S2/c1-16-7-10-20(11-8-16)31-14-13-26-24(28)19-9-12-21(25)23(15-19)32(29,30)27-22-6-4-5-17(2)18(22)3/h4-12,15,27H,13-14H2,1-3H3,(H,26,28). The number of carbonyl (C=O) groups excluding carboxylic acids is 1. The minimum atomic E-state index is -3.97. The van der Waals surface area contributed by atoms with Crippen molar-refractivity contribution in [2.75, 3.05) is 17.0 Å². The lowest BCUT2D eigenvalue weighted by Gasteiger charge is -2.14. The molecule has 0 unspecified atom stereocenters. The molecule has 1 amide bonds. The lowest BCUT2D eigenvalue weighted by molar-refractivity contribution is 0.0956. The van der Waals surface area contributed by atoms with Crippen molar-refractivity contribution in [2.45, 2.75) is 30.6 Å². The second-order valence-corrected chi connectivity index (χ2v) is 10.6. The third-order valence-electron chi connectivity index (χ3n) is 5.01. The summed E-state index contributed by atoms with van der Waals surface area (Å²) in [4.78, 5) is 13.6. The Labute approximate surface area is 198 Å². The maximum atomic E-state index is 13.0. The van der Waals surface area contributed by atoms with Crippen LogP contribution in [0.25, 0.3) is 0 Å². The SMILES string of the molecule is Cc1ccc(SCCNC(=O)c2ccc(Cl)c(S(=O)(=O)Nc3cccc(C)c3C)c2)cc1. The molecule has 3 rings (SSSR count). The lowest BCUT2D eigenvalue weighted by atomic mass is 10.1. The van der Waals surface area contributed by atoms with Crippen molar-refractivity contribution in [1.29, 1.82) is 0 Å². The van der Waals surface area contributed by atoms with E-state index < -0.39 is 10.0 Å². The highest BCUT2D eigenvalue weighted by Gasteiger charge is 2.21. The summed E-state index contributed by atoms with van der Waals surface area (Å²) in [7, 11) is -3.97. The van der Waals surface area contributed by atoms with Crippen LogP contribution in [0.5, 0.6) is 0 Å². The summed E-state index contributed by atoms with van der Waals surface area (Å²) < 4.78 is 28.5. The topological polar surface area (TPSA) is 75.3 Å². The molecule has 5 nitrogen and oxygen atoms in total. The predicted molar refractivity (Wildman–Crippen MR) is 132 cm³/mol. The molecule has 32 heavy (non-hydrogen) atoms. The Kier molecular flexibility index (Phi) is 7.87. The van der Waals surface area contributed by atoms with E-state index in [4.69, 9.17) is 11.6 Å². The highest BCUT2D eigenvalue weighted by Crippen LogP contribution is 2.27. The number of sulfonamides is 1. The van der Waals surface area contributed by atoms with Crippen molar-refractivity contribution in [3.63, 3.8) is 0 Å². The summed E-state index contributed by atoms with van der Waals surface area (Å²) in [6, 6.07) is 17.8. The maximum absolute atomic E-state index is 13.0. The summed E-state index contributed by atoms with van der Waals surface area (Å²) in [5.41, 5.74) is 3.70. The quantitative estimate of drug-likeness (QED) is 0.320. The van der Waals surface area contributed by atoms with Crippen LogP contribution in [0.15, 0.2) is 70.5 Å². The molecule has 0 fully saturated rings. The number of hydrogen-bond donors (Lipinski definition) is 2. The molecular weight excluding hydrogens is 464 g/mol. The first-order valence-corrected chi connectivity index (χ1v) is 12.9. The van der Waals surface area contributed by atoms with Gasteiger partial charge in [0.25, 0.3) is 15.9 Å². The third kappa shape index (κ3) is 6.06. The number of anilines is 1. The molecule has 0 aliphatic rings. The van der Waals surface area contributed by atoms with E-state index in [-0.39, 0.29) is 21.4 Å². The van der Waals surface area contributed by atoms with E-state index in [2.05, 4.69) is 10.0 Å². The largest absolute Gasteiger partial charge is 0.351 e. The Morgan fingerprint density at radius 2 is 1.72 bits per heavy atom. The first kappa shape index (κ1) is 24.2. The van der Waals surface area contributed by atoms with Gasteiger partial charge in [-0.1, -0.05) is 41.4 Å². The zero-order valence-electron chi connectivity index (χ0n) is 18.1.